The highest BCUT2D eigenvalue weighted by Crippen LogP contribution is 2.19. The molecule has 1 aliphatic rings. The van der Waals surface area contributed by atoms with Gasteiger partial charge in [-0.05, 0) is 49.8 Å². The molecule has 1 aliphatic heterocycles. The zero-order chi connectivity index (χ0) is 16.0. The van der Waals surface area contributed by atoms with Crippen molar-refractivity contribution >= 4 is 10.0 Å². The highest BCUT2D eigenvalue weighted by atomic mass is 32.2. The standard InChI is InChI=1S/C17H28N2O2S/c1-15(17-6-4-3-5-7-17)8-11-18-14-16-9-12-19(13-10-16)22(2,20)21/h3-7,15-16,18H,8-14H2,1-2H3. The minimum atomic E-state index is -3.00. The van der Waals surface area contributed by atoms with Gasteiger partial charge in [0.2, 0.25) is 10.0 Å². The maximum absolute atomic E-state index is 11.5. The first-order chi connectivity index (χ1) is 10.5. The van der Waals surface area contributed by atoms with Gasteiger partial charge >= 0.3 is 0 Å². The minimum absolute atomic E-state index is 0.570. The van der Waals surface area contributed by atoms with Crippen LogP contribution in [0.15, 0.2) is 30.3 Å². The Balaban J connectivity index is 1.62. The van der Waals surface area contributed by atoms with Crippen LogP contribution in [0.2, 0.25) is 0 Å². The van der Waals surface area contributed by atoms with Crippen molar-refractivity contribution in [3.8, 4) is 0 Å². The van der Waals surface area contributed by atoms with Gasteiger partial charge in [0.05, 0.1) is 6.26 Å². The molecule has 1 N–H and O–H groups in total. The van der Waals surface area contributed by atoms with Crippen molar-refractivity contribution in [1.82, 2.24) is 9.62 Å². The predicted molar refractivity (Wildman–Crippen MR) is 91.5 cm³/mol. The van der Waals surface area contributed by atoms with E-state index in [0.717, 1.165) is 32.4 Å². The fourth-order valence-electron chi connectivity index (χ4n) is 3.02. The van der Waals surface area contributed by atoms with Crippen LogP contribution < -0.4 is 5.32 Å². The van der Waals surface area contributed by atoms with E-state index in [0.29, 0.717) is 24.9 Å². The number of sulfonamides is 1. The molecule has 0 bridgehead atoms. The zero-order valence-corrected chi connectivity index (χ0v) is 14.5. The van der Waals surface area contributed by atoms with Crippen LogP contribution in [0, 0.1) is 5.92 Å². The molecule has 0 spiro atoms. The SMILES string of the molecule is CC(CCNCC1CCN(S(C)(=O)=O)CC1)c1ccccc1. The molecule has 1 atom stereocenters. The Morgan fingerprint density at radius 2 is 1.86 bits per heavy atom. The van der Waals surface area contributed by atoms with Crippen LogP contribution in [0.3, 0.4) is 0 Å². The number of nitrogens with one attached hydrogen (secondary N) is 1. The van der Waals surface area contributed by atoms with Gasteiger partial charge in [-0.1, -0.05) is 37.3 Å². The monoisotopic (exact) mass is 324 g/mol. The summed E-state index contributed by atoms with van der Waals surface area (Å²) >= 11 is 0. The number of piperidine rings is 1. The smallest absolute Gasteiger partial charge is 0.211 e. The quantitative estimate of drug-likeness (QED) is 0.784. The molecule has 22 heavy (non-hydrogen) atoms. The second kappa shape index (κ2) is 8.09. The average Bonchev–Trinajstić information content (AvgIpc) is 2.52. The predicted octanol–water partition coefficient (Wildman–Crippen LogP) is 2.44. The maximum atomic E-state index is 11.5. The molecule has 1 fully saturated rings. The second-order valence-electron chi connectivity index (χ2n) is 6.41. The molecular formula is C17H28N2O2S. The summed E-state index contributed by atoms with van der Waals surface area (Å²) in [5.74, 6) is 1.17. The fourth-order valence-corrected chi connectivity index (χ4v) is 3.89. The van der Waals surface area contributed by atoms with Crippen LogP contribution >= 0.6 is 0 Å². The van der Waals surface area contributed by atoms with Crippen molar-refractivity contribution in [3.63, 3.8) is 0 Å². The van der Waals surface area contributed by atoms with Gasteiger partial charge in [-0.25, -0.2) is 12.7 Å². The third-order valence-electron chi connectivity index (χ3n) is 4.60. The summed E-state index contributed by atoms with van der Waals surface area (Å²) in [5, 5.41) is 3.54. The summed E-state index contributed by atoms with van der Waals surface area (Å²) < 4.78 is 24.5. The van der Waals surface area contributed by atoms with Crippen LogP contribution in [0.5, 0.6) is 0 Å². The summed E-state index contributed by atoms with van der Waals surface area (Å²) in [4.78, 5) is 0. The summed E-state index contributed by atoms with van der Waals surface area (Å²) in [6, 6.07) is 10.6. The van der Waals surface area contributed by atoms with E-state index in [1.54, 1.807) is 4.31 Å². The van der Waals surface area contributed by atoms with Gasteiger partial charge in [0.25, 0.3) is 0 Å². The lowest BCUT2D eigenvalue weighted by atomic mass is 9.96. The molecule has 0 aromatic heterocycles. The normalized spacial score (nSPS) is 19.2. The van der Waals surface area contributed by atoms with Crippen molar-refractivity contribution in [2.75, 3.05) is 32.4 Å². The fraction of sp³-hybridized carbons (Fsp3) is 0.647. The average molecular weight is 324 g/mol. The lowest BCUT2D eigenvalue weighted by molar-refractivity contribution is 0.268. The van der Waals surface area contributed by atoms with E-state index >= 15 is 0 Å². The van der Waals surface area contributed by atoms with E-state index in [-0.39, 0.29) is 0 Å². The summed E-state index contributed by atoms with van der Waals surface area (Å²) in [6.07, 6.45) is 4.37. The molecule has 1 unspecified atom stereocenters. The van der Waals surface area contributed by atoms with E-state index in [4.69, 9.17) is 0 Å². The van der Waals surface area contributed by atoms with Gasteiger partial charge in [0, 0.05) is 13.1 Å². The lowest BCUT2D eigenvalue weighted by Gasteiger charge is -2.30. The van der Waals surface area contributed by atoms with Gasteiger partial charge in [0.1, 0.15) is 0 Å². The maximum Gasteiger partial charge on any atom is 0.211 e. The van der Waals surface area contributed by atoms with Crippen molar-refractivity contribution < 1.29 is 8.42 Å². The molecule has 5 heteroatoms. The van der Waals surface area contributed by atoms with Crippen LogP contribution in [-0.2, 0) is 10.0 Å². The minimum Gasteiger partial charge on any atom is -0.316 e. The number of hydrogen-bond donors (Lipinski definition) is 1. The number of benzene rings is 1. The third-order valence-corrected chi connectivity index (χ3v) is 5.90. The van der Waals surface area contributed by atoms with Crippen LogP contribution in [-0.4, -0.2) is 45.2 Å². The Morgan fingerprint density at radius 3 is 2.45 bits per heavy atom. The third kappa shape index (κ3) is 5.38. The first-order valence-electron chi connectivity index (χ1n) is 8.17. The first-order valence-corrected chi connectivity index (χ1v) is 10.0. The molecule has 0 saturated carbocycles. The lowest BCUT2D eigenvalue weighted by Crippen LogP contribution is -2.40. The number of nitrogens with zero attached hydrogens (tertiary/aromatic N) is 1. The molecule has 4 nitrogen and oxygen atoms in total. The first kappa shape index (κ1) is 17.4. The Bertz CT molecular complexity index is 537. The van der Waals surface area contributed by atoms with Gasteiger partial charge in [-0.3, -0.25) is 0 Å². The molecule has 1 aromatic rings. The Morgan fingerprint density at radius 1 is 1.23 bits per heavy atom. The molecule has 1 saturated heterocycles. The Kier molecular flexibility index (Phi) is 6.41. The largest absolute Gasteiger partial charge is 0.316 e. The highest BCUT2D eigenvalue weighted by Gasteiger charge is 2.24. The van der Waals surface area contributed by atoms with Crippen molar-refractivity contribution in [2.24, 2.45) is 5.92 Å². The van der Waals surface area contributed by atoms with E-state index in [1.165, 1.54) is 11.8 Å². The van der Waals surface area contributed by atoms with E-state index in [2.05, 4.69) is 42.6 Å². The van der Waals surface area contributed by atoms with E-state index in [1.807, 2.05) is 0 Å². The molecule has 2 rings (SSSR count). The topological polar surface area (TPSA) is 49.4 Å². The molecule has 0 aliphatic carbocycles. The highest BCUT2D eigenvalue weighted by molar-refractivity contribution is 7.88. The summed E-state index contributed by atoms with van der Waals surface area (Å²) in [6.45, 7) is 5.63. The van der Waals surface area contributed by atoms with E-state index in [9.17, 15) is 8.42 Å². The molecule has 0 radical (unpaired) electrons. The van der Waals surface area contributed by atoms with E-state index < -0.39 is 10.0 Å². The van der Waals surface area contributed by atoms with Crippen molar-refractivity contribution in [3.05, 3.63) is 35.9 Å². The molecule has 1 heterocycles. The van der Waals surface area contributed by atoms with Gasteiger partial charge in [-0.2, -0.15) is 0 Å². The van der Waals surface area contributed by atoms with Crippen molar-refractivity contribution in [1.29, 1.82) is 0 Å². The Labute approximate surface area is 135 Å². The molecular weight excluding hydrogens is 296 g/mol. The molecule has 0 amide bonds. The van der Waals surface area contributed by atoms with Crippen LogP contribution in [0.4, 0.5) is 0 Å². The van der Waals surface area contributed by atoms with Crippen molar-refractivity contribution in [2.45, 2.75) is 32.1 Å². The molecule has 124 valence electrons. The zero-order valence-electron chi connectivity index (χ0n) is 13.7. The molecule has 1 aromatic carbocycles. The van der Waals surface area contributed by atoms with Crippen LogP contribution in [0.25, 0.3) is 0 Å². The van der Waals surface area contributed by atoms with Crippen LogP contribution in [0.1, 0.15) is 37.7 Å². The second-order valence-corrected chi connectivity index (χ2v) is 8.39. The number of rotatable bonds is 7. The van der Waals surface area contributed by atoms with Gasteiger partial charge in [-0.15, -0.1) is 0 Å². The summed E-state index contributed by atoms with van der Waals surface area (Å²) in [5.41, 5.74) is 1.39. The Hall–Kier alpha value is -0.910. The number of hydrogen-bond acceptors (Lipinski definition) is 3. The van der Waals surface area contributed by atoms with Gasteiger partial charge in [0.15, 0.2) is 0 Å². The van der Waals surface area contributed by atoms with Gasteiger partial charge < -0.3 is 5.32 Å². The summed E-state index contributed by atoms with van der Waals surface area (Å²) in [7, 11) is -3.00.